The first-order valence-corrected chi connectivity index (χ1v) is 8.14. The Kier molecular flexibility index (Phi) is 3.94. The van der Waals surface area contributed by atoms with Crippen LogP contribution in [0, 0.1) is 0 Å². The minimum Gasteiger partial charge on any atom is -0.326 e. The molecule has 1 unspecified atom stereocenters. The number of nitrogens with zero attached hydrogens (tertiary/aromatic N) is 1. The van der Waals surface area contributed by atoms with Gasteiger partial charge in [-0.25, -0.2) is 8.42 Å². The molecule has 1 aromatic rings. The lowest BCUT2D eigenvalue weighted by Crippen LogP contribution is -2.32. The first kappa shape index (κ1) is 13.5. The van der Waals surface area contributed by atoms with E-state index < -0.39 is 10.0 Å². The Morgan fingerprint density at radius 3 is 2.65 bits per heavy atom. The average Bonchev–Trinajstić information content (AvgIpc) is 2.69. The van der Waals surface area contributed by atoms with E-state index in [9.17, 15) is 8.42 Å². The second kappa shape index (κ2) is 4.97. The highest BCUT2D eigenvalue weighted by molar-refractivity contribution is 9.11. The maximum Gasteiger partial charge on any atom is 0.244 e. The molecule has 1 aromatic carbocycles. The predicted molar refractivity (Wildman–Crippen MR) is 73.2 cm³/mol. The van der Waals surface area contributed by atoms with E-state index in [4.69, 9.17) is 5.73 Å². The molecular weight excluding hydrogens is 372 g/mol. The van der Waals surface area contributed by atoms with E-state index in [-0.39, 0.29) is 10.9 Å². The van der Waals surface area contributed by atoms with Crippen molar-refractivity contribution in [2.45, 2.75) is 17.4 Å². The molecule has 2 N–H and O–H groups in total. The van der Waals surface area contributed by atoms with Gasteiger partial charge in [0, 0.05) is 28.1 Å². The Bertz CT molecular complexity index is 533. The molecule has 0 radical (unpaired) electrons. The number of halogens is 2. The van der Waals surface area contributed by atoms with Crippen LogP contribution in [0.25, 0.3) is 0 Å². The summed E-state index contributed by atoms with van der Waals surface area (Å²) in [6.07, 6.45) is 0.713. The van der Waals surface area contributed by atoms with Gasteiger partial charge in [-0.1, -0.05) is 15.9 Å². The van der Waals surface area contributed by atoms with Crippen LogP contribution >= 0.6 is 31.9 Å². The molecule has 0 spiro atoms. The van der Waals surface area contributed by atoms with E-state index in [0.717, 1.165) is 4.47 Å². The first-order valence-electron chi connectivity index (χ1n) is 5.12. The van der Waals surface area contributed by atoms with Crippen molar-refractivity contribution in [2.75, 3.05) is 13.1 Å². The average molecular weight is 384 g/mol. The molecule has 1 saturated heterocycles. The smallest absolute Gasteiger partial charge is 0.244 e. The molecule has 4 nitrogen and oxygen atoms in total. The van der Waals surface area contributed by atoms with Crippen LogP contribution in [-0.4, -0.2) is 31.9 Å². The Morgan fingerprint density at radius 2 is 2.06 bits per heavy atom. The zero-order valence-corrected chi connectivity index (χ0v) is 12.9. The molecule has 0 aromatic heterocycles. The quantitative estimate of drug-likeness (QED) is 0.848. The SMILES string of the molecule is NC1CCN(S(=O)(=O)c2cc(Br)ccc2Br)C1. The third kappa shape index (κ3) is 2.73. The van der Waals surface area contributed by atoms with Crippen LogP contribution in [0.1, 0.15) is 6.42 Å². The van der Waals surface area contributed by atoms with Crippen LogP contribution in [-0.2, 0) is 10.0 Å². The highest BCUT2D eigenvalue weighted by Crippen LogP contribution is 2.29. The minimum absolute atomic E-state index is 0.0595. The molecule has 1 aliphatic heterocycles. The monoisotopic (exact) mass is 382 g/mol. The summed E-state index contributed by atoms with van der Waals surface area (Å²) in [6, 6.07) is 5.05. The first-order chi connectivity index (χ1) is 7.91. The summed E-state index contributed by atoms with van der Waals surface area (Å²) in [5.41, 5.74) is 5.74. The lowest BCUT2D eigenvalue weighted by Gasteiger charge is -2.17. The largest absolute Gasteiger partial charge is 0.326 e. The maximum atomic E-state index is 12.4. The van der Waals surface area contributed by atoms with Crippen LogP contribution in [0.15, 0.2) is 32.0 Å². The predicted octanol–water partition coefficient (Wildman–Crippen LogP) is 1.93. The van der Waals surface area contributed by atoms with Gasteiger partial charge >= 0.3 is 0 Å². The van der Waals surface area contributed by atoms with Crippen molar-refractivity contribution < 1.29 is 8.42 Å². The van der Waals surface area contributed by atoms with Gasteiger partial charge in [-0.3, -0.25) is 0 Å². The summed E-state index contributed by atoms with van der Waals surface area (Å²) in [6.45, 7) is 0.879. The Labute approximate surface area is 117 Å². The van der Waals surface area contributed by atoms with Crippen molar-refractivity contribution >= 4 is 41.9 Å². The van der Waals surface area contributed by atoms with E-state index >= 15 is 0 Å². The molecule has 1 atom stereocenters. The molecule has 1 aliphatic rings. The molecular formula is C10H12Br2N2O2S. The van der Waals surface area contributed by atoms with Gasteiger partial charge < -0.3 is 5.73 Å². The van der Waals surface area contributed by atoms with Crippen LogP contribution in [0.5, 0.6) is 0 Å². The lowest BCUT2D eigenvalue weighted by molar-refractivity contribution is 0.472. The molecule has 17 heavy (non-hydrogen) atoms. The number of hydrogen-bond donors (Lipinski definition) is 1. The zero-order chi connectivity index (χ0) is 12.6. The number of rotatable bonds is 2. The van der Waals surface area contributed by atoms with E-state index in [2.05, 4.69) is 31.9 Å². The van der Waals surface area contributed by atoms with E-state index in [1.807, 2.05) is 0 Å². The van der Waals surface area contributed by atoms with Gasteiger partial charge in [0.2, 0.25) is 10.0 Å². The van der Waals surface area contributed by atoms with Gasteiger partial charge in [-0.15, -0.1) is 0 Å². The highest BCUT2D eigenvalue weighted by Gasteiger charge is 2.32. The van der Waals surface area contributed by atoms with Crippen molar-refractivity contribution in [3.63, 3.8) is 0 Å². The van der Waals surface area contributed by atoms with Gasteiger partial charge in [0.25, 0.3) is 0 Å². The Balaban J connectivity index is 2.41. The lowest BCUT2D eigenvalue weighted by atomic mass is 10.3. The molecule has 0 amide bonds. The number of hydrogen-bond acceptors (Lipinski definition) is 3. The molecule has 0 aliphatic carbocycles. The Hall–Kier alpha value is 0.0500. The molecule has 1 fully saturated rings. The summed E-state index contributed by atoms with van der Waals surface area (Å²) < 4.78 is 27.5. The summed E-state index contributed by atoms with van der Waals surface area (Å²) in [7, 11) is -3.45. The zero-order valence-electron chi connectivity index (χ0n) is 8.94. The molecule has 0 bridgehead atoms. The van der Waals surface area contributed by atoms with Gasteiger partial charge in [0.05, 0.1) is 4.90 Å². The van der Waals surface area contributed by atoms with Crippen molar-refractivity contribution in [1.29, 1.82) is 0 Å². The highest BCUT2D eigenvalue weighted by atomic mass is 79.9. The molecule has 94 valence electrons. The van der Waals surface area contributed by atoms with Gasteiger partial charge in [-0.2, -0.15) is 4.31 Å². The Morgan fingerprint density at radius 1 is 1.35 bits per heavy atom. The van der Waals surface area contributed by atoms with E-state index in [1.54, 1.807) is 18.2 Å². The third-order valence-electron chi connectivity index (χ3n) is 2.70. The van der Waals surface area contributed by atoms with Crippen LogP contribution in [0.2, 0.25) is 0 Å². The summed E-state index contributed by atoms with van der Waals surface area (Å²) in [5, 5.41) is 0. The van der Waals surface area contributed by atoms with E-state index in [1.165, 1.54) is 4.31 Å². The van der Waals surface area contributed by atoms with Crippen molar-refractivity contribution in [1.82, 2.24) is 4.31 Å². The molecule has 2 rings (SSSR count). The van der Waals surface area contributed by atoms with Crippen molar-refractivity contribution in [3.8, 4) is 0 Å². The van der Waals surface area contributed by atoms with Crippen LogP contribution in [0.3, 0.4) is 0 Å². The standard InChI is InChI=1S/C10H12Br2N2O2S/c11-7-1-2-9(12)10(5-7)17(15,16)14-4-3-8(13)6-14/h1-2,5,8H,3-4,6,13H2. The molecule has 1 heterocycles. The fraction of sp³-hybridized carbons (Fsp3) is 0.400. The van der Waals surface area contributed by atoms with Crippen LogP contribution in [0.4, 0.5) is 0 Å². The van der Waals surface area contributed by atoms with Gasteiger partial charge in [-0.05, 0) is 40.5 Å². The minimum atomic E-state index is -3.45. The topological polar surface area (TPSA) is 63.4 Å². The van der Waals surface area contributed by atoms with Crippen molar-refractivity contribution in [2.24, 2.45) is 5.73 Å². The second-order valence-corrected chi connectivity index (χ2v) is 7.66. The van der Waals surface area contributed by atoms with Gasteiger partial charge in [0.15, 0.2) is 0 Å². The number of benzene rings is 1. The fourth-order valence-electron chi connectivity index (χ4n) is 1.79. The van der Waals surface area contributed by atoms with Crippen LogP contribution < -0.4 is 5.73 Å². The normalized spacial score (nSPS) is 21.9. The summed E-state index contributed by atoms with van der Waals surface area (Å²) in [4.78, 5) is 0.279. The third-order valence-corrected chi connectivity index (χ3v) is 6.05. The molecule has 0 saturated carbocycles. The van der Waals surface area contributed by atoms with Gasteiger partial charge in [0.1, 0.15) is 0 Å². The maximum absolute atomic E-state index is 12.4. The number of sulfonamides is 1. The van der Waals surface area contributed by atoms with Crippen molar-refractivity contribution in [3.05, 3.63) is 27.1 Å². The summed E-state index contributed by atoms with van der Waals surface area (Å²) in [5.74, 6) is 0. The number of nitrogens with two attached hydrogens (primary N) is 1. The fourth-order valence-corrected chi connectivity index (χ4v) is 4.76. The second-order valence-electron chi connectivity index (χ2n) is 3.99. The van der Waals surface area contributed by atoms with E-state index in [0.29, 0.717) is 24.0 Å². The molecule has 7 heteroatoms. The summed E-state index contributed by atoms with van der Waals surface area (Å²) >= 11 is 6.55.